The molecule has 0 spiro atoms. The van der Waals surface area contributed by atoms with Crippen LogP contribution in [-0.2, 0) is 0 Å². The van der Waals surface area contributed by atoms with Crippen LogP contribution in [0.3, 0.4) is 0 Å². The van der Waals surface area contributed by atoms with Gasteiger partial charge in [-0.25, -0.2) is 9.18 Å². The molecule has 1 aromatic heterocycles. The Morgan fingerprint density at radius 3 is 2.57 bits per heavy atom. The highest BCUT2D eigenvalue weighted by atomic mass is 19.1. The number of amides is 1. The molecule has 0 unspecified atom stereocenters. The van der Waals surface area contributed by atoms with E-state index in [1.54, 1.807) is 0 Å². The van der Waals surface area contributed by atoms with Gasteiger partial charge in [-0.05, 0) is 12.1 Å². The van der Waals surface area contributed by atoms with Crippen molar-refractivity contribution >= 4 is 17.6 Å². The highest BCUT2D eigenvalue weighted by Crippen LogP contribution is 2.21. The third-order valence-corrected chi connectivity index (χ3v) is 2.57. The molecule has 1 aromatic carbocycles. The molecule has 0 bridgehead atoms. The Kier molecular flexibility index (Phi) is 3.70. The number of para-hydroxylation sites is 1. The maximum Gasteiger partial charge on any atom is 0.337 e. The molecule has 1 amide bonds. The fourth-order valence-electron chi connectivity index (χ4n) is 1.67. The maximum atomic E-state index is 13.6. The lowest BCUT2D eigenvalue weighted by atomic mass is 10.1. The molecule has 21 heavy (non-hydrogen) atoms. The zero-order chi connectivity index (χ0) is 15.6. The molecule has 4 N–H and O–H groups in total. The quantitative estimate of drug-likeness (QED) is 0.677. The van der Waals surface area contributed by atoms with Gasteiger partial charge in [0, 0.05) is 12.1 Å². The van der Waals surface area contributed by atoms with Crippen molar-refractivity contribution in [2.75, 3.05) is 5.32 Å². The standard InChI is InChI=1S/C13H9FN2O5/c14-8-3-1-2-7(13(20)21)11(8)16-12(19)6-4-9(17)15-10(18)5-6/h1-5H,(H,16,19)(H,20,21)(H2,15,17,18). The molecule has 7 nitrogen and oxygen atoms in total. The van der Waals surface area contributed by atoms with Crippen LogP contribution in [-0.4, -0.2) is 27.1 Å². The van der Waals surface area contributed by atoms with Gasteiger partial charge < -0.3 is 15.5 Å². The van der Waals surface area contributed by atoms with Crippen LogP contribution in [0.15, 0.2) is 35.1 Å². The molecule has 0 aliphatic heterocycles. The smallest absolute Gasteiger partial charge is 0.337 e. The number of benzene rings is 1. The second-order valence-electron chi connectivity index (χ2n) is 4.04. The van der Waals surface area contributed by atoms with E-state index in [1.807, 2.05) is 4.98 Å². The number of halogens is 1. The lowest BCUT2D eigenvalue weighted by molar-refractivity contribution is 0.0697. The van der Waals surface area contributed by atoms with Crippen molar-refractivity contribution in [1.82, 2.24) is 4.98 Å². The highest BCUT2D eigenvalue weighted by molar-refractivity contribution is 6.07. The Morgan fingerprint density at radius 2 is 1.95 bits per heavy atom. The Morgan fingerprint density at radius 1 is 1.24 bits per heavy atom. The highest BCUT2D eigenvalue weighted by Gasteiger charge is 2.18. The van der Waals surface area contributed by atoms with E-state index in [0.29, 0.717) is 0 Å². The number of aromatic carboxylic acids is 1. The van der Waals surface area contributed by atoms with Crippen molar-refractivity contribution in [3.05, 3.63) is 57.6 Å². The normalized spacial score (nSPS) is 10.1. The fourth-order valence-corrected chi connectivity index (χ4v) is 1.67. The summed E-state index contributed by atoms with van der Waals surface area (Å²) in [5, 5.41) is 20.2. The summed E-state index contributed by atoms with van der Waals surface area (Å²) in [6, 6.07) is 5.13. The molecule has 0 radical (unpaired) electrons. The Balaban J connectivity index is 2.40. The number of H-pyrrole nitrogens is 1. The number of aromatic hydroxyl groups is 1. The van der Waals surface area contributed by atoms with Crippen LogP contribution in [0, 0.1) is 5.82 Å². The van der Waals surface area contributed by atoms with Crippen molar-refractivity contribution in [3.8, 4) is 5.88 Å². The van der Waals surface area contributed by atoms with Crippen LogP contribution >= 0.6 is 0 Å². The van der Waals surface area contributed by atoms with Gasteiger partial charge in [-0.15, -0.1) is 0 Å². The number of pyridine rings is 1. The van der Waals surface area contributed by atoms with Gasteiger partial charge in [-0.1, -0.05) is 6.07 Å². The molecule has 2 aromatic rings. The number of anilines is 1. The van der Waals surface area contributed by atoms with Gasteiger partial charge >= 0.3 is 5.97 Å². The van der Waals surface area contributed by atoms with Crippen molar-refractivity contribution in [2.24, 2.45) is 0 Å². The predicted molar refractivity (Wildman–Crippen MR) is 70.0 cm³/mol. The van der Waals surface area contributed by atoms with Crippen molar-refractivity contribution in [3.63, 3.8) is 0 Å². The van der Waals surface area contributed by atoms with E-state index >= 15 is 0 Å². The predicted octanol–water partition coefficient (Wildman–Crippen LogP) is 1.17. The summed E-state index contributed by atoms with van der Waals surface area (Å²) < 4.78 is 13.6. The Hall–Kier alpha value is -3.16. The minimum Gasteiger partial charge on any atom is -0.494 e. The third-order valence-electron chi connectivity index (χ3n) is 2.57. The van der Waals surface area contributed by atoms with E-state index in [9.17, 15) is 23.9 Å². The van der Waals surface area contributed by atoms with E-state index in [-0.39, 0.29) is 5.56 Å². The van der Waals surface area contributed by atoms with E-state index in [4.69, 9.17) is 5.11 Å². The van der Waals surface area contributed by atoms with Gasteiger partial charge in [0.2, 0.25) is 0 Å². The topological polar surface area (TPSA) is 119 Å². The van der Waals surface area contributed by atoms with Crippen LogP contribution in [0.4, 0.5) is 10.1 Å². The largest absolute Gasteiger partial charge is 0.494 e. The number of aromatic nitrogens is 1. The molecule has 0 saturated carbocycles. The molecule has 0 aliphatic carbocycles. The first-order valence-electron chi connectivity index (χ1n) is 5.65. The minimum atomic E-state index is -1.42. The summed E-state index contributed by atoms with van der Waals surface area (Å²) in [5.74, 6) is -3.82. The minimum absolute atomic E-state index is 0.240. The lowest BCUT2D eigenvalue weighted by Gasteiger charge is -2.09. The second kappa shape index (κ2) is 5.45. The SMILES string of the molecule is O=C(Nc1c(F)cccc1C(=O)O)c1cc(O)[nH]c(=O)c1. The summed E-state index contributed by atoms with van der Waals surface area (Å²) in [5.41, 5.74) is -1.92. The number of nitrogens with one attached hydrogen (secondary N) is 2. The molecule has 108 valence electrons. The maximum absolute atomic E-state index is 13.6. The van der Waals surface area contributed by atoms with E-state index < -0.39 is 40.4 Å². The van der Waals surface area contributed by atoms with Crippen LogP contribution in [0.1, 0.15) is 20.7 Å². The Labute approximate surface area is 116 Å². The molecule has 0 saturated heterocycles. The summed E-state index contributed by atoms with van der Waals surface area (Å²) >= 11 is 0. The van der Waals surface area contributed by atoms with Crippen molar-refractivity contribution in [2.45, 2.75) is 0 Å². The monoisotopic (exact) mass is 292 g/mol. The second-order valence-corrected chi connectivity index (χ2v) is 4.04. The summed E-state index contributed by atoms with van der Waals surface area (Å²) in [4.78, 5) is 36.1. The number of carboxylic acid groups (broad SMARTS) is 1. The summed E-state index contributed by atoms with van der Waals surface area (Å²) in [6.07, 6.45) is 0. The summed E-state index contributed by atoms with van der Waals surface area (Å²) in [6.45, 7) is 0. The zero-order valence-corrected chi connectivity index (χ0v) is 10.4. The van der Waals surface area contributed by atoms with Crippen LogP contribution in [0.25, 0.3) is 0 Å². The first kappa shape index (κ1) is 14.3. The number of rotatable bonds is 3. The van der Waals surface area contributed by atoms with Crippen molar-refractivity contribution < 1.29 is 24.2 Å². The number of hydrogen-bond acceptors (Lipinski definition) is 4. The Bertz CT molecular complexity index is 784. The number of carbonyl (C=O) groups is 2. The number of carbonyl (C=O) groups excluding carboxylic acids is 1. The summed E-state index contributed by atoms with van der Waals surface area (Å²) in [7, 11) is 0. The van der Waals surface area contributed by atoms with Crippen LogP contribution < -0.4 is 10.9 Å². The van der Waals surface area contributed by atoms with Crippen molar-refractivity contribution in [1.29, 1.82) is 0 Å². The van der Waals surface area contributed by atoms with Gasteiger partial charge in [-0.2, -0.15) is 0 Å². The lowest BCUT2D eigenvalue weighted by Crippen LogP contribution is -2.18. The number of hydrogen-bond donors (Lipinski definition) is 4. The number of carboxylic acids is 1. The molecular formula is C13H9FN2O5. The number of aromatic amines is 1. The van der Waals surface area contributed by atoms with Gasteiger partial charge in [0.1, 0.15) is 5.82 Å². The molecule has 1 heterocycles. The van der Waals surface area contributed by atoms with Crippen LogP contribution in [0.5, 0.6) is 5.88 Å². The molecule has 0 aliphatic rings. The molecule has 0 fully saturated rings. The molecule has 0 atom stereocenters. The van der Waals surface area contributed by atoms with E-state index in [0.717, 1.165) is 24.3 Å². The first-order chi connectivity index (χ1) is 9.88. The fraction of sp³-hybridized carbons (Fsp3) is 0. The zero-order valence-electron chi connectivity index (χ0n) is 10.4. The van der Waals surface area contributed by atoms with Gasteiger partial charge in [0.25, 0.3) is 11.5 Å². The van der Waals surface area contributed by atoms with Gasteiger partial charge in [0.15, 0.2) is 5.88 Å². The molecule has 8 heteroatoms. The van der Waals surface area contributed by atoms with Gasteiger partial charge in [-0.3, -0.25) is 14.6 Å². The van der Waals surface area contributed by atoms with Gasteiger partial charge in [0.05, 0.1) is 16.8 Å². The molecule has 2 rings (SSSR count). The average molecular weight is 292 g/mol. The molecular weight excluding hydrogens is 283 g/mol. The first-order valence-corrected chi connectivity index (χ1v) is 5.65. The van der Waals surface area contributed by atoms with Crippen LogP contribution in [0.2, 0.25) is 0 Å². The van der Waals surface area contributed by atoms with E-state index in [2.05, 4.69) is 5.32 Å². The van der Waals surface area contributed by atoms with E-state index in [1.165, 1.54) is 6.07 Å². The third kappa shape index (κ3) is 3.06. The average Bonchev–Trinajstić information content (AvgIpc) is 2.39.